The van der Waals surface area contributed by atoms with Crippen molar-refractivity contribution in [2.24, 2.45) is 50.2 Å². The van der Waals surface area contributed by atoms with E-state index >= 15 is 0 Å². The molecule has 6 heteroatoms. The zero-order chi connectivity index (χ0) is 29.5. The number of ether oxygens (including phenoxy) is 2. The predicted octanol–water partition coefficient (Wildman–Crippen LogP) is 7.35. The first-order valence-corrected chi connectivity index (χ1v) is 15.7. The molecule has 1 N–H and O–H groups in total. The van der Waals surface area contributed by atoms with Crippen LogP contribution in [-0.4, -0.2) is 35.7 Å². The predicted molar refractivity (Wildman–Crippen MR) is 153 cm³/mol. The first-order valence-electron chi connectivity index (χ1n) is 15.7. The summed E-state index contributed by atoms with van der Waals surface area (Å²) in [5, 5.41) is 10.7. The molecule has 0 amide bonds. The zero-order valence-electron chi connectivity index (χ0n) is 26.2. The maximum Gasteiger partial charge on any atom is 0.310 e. The van der Waals surface area contributed by atoms with Crippen LogP contribution in [0.3, 0.4) is 0 Å². The molecule has 5 aliphatic carbocycles. The quantitative estimate of drug-likeness (QED) is 0.288. The molecule has 0 aromatic carbocycles. The van der Waals surface area contributed by atoms with Gasteiger partial charge in [0.25, 0.3) is 0 Å². The Hall–Kier alpha value is -1.85. The molecule has 0 spiro atoms. The summed E-state index contributed by atoms with van der Waals surface area (Å²) in [7, 11) is 0. The SMILES string of the molecule is CC(=O)OCC1(C)CCC2(C(=O)O)CCC3(C)C(=CCC4C5(C)CCC(OC(C)=O)C(C)(C)C5CCC43C)C2C1. The van der Waals surface area contributed by atoms with Crippen molar-refractivity contribution in [3.63, 3.8) is 0 Å². The third-order valence-corrected chi connectivity index (χ3v) is 13.8. The molecular formula is C34H52O6. The maximum absolute atomic E-state index is 13.0. The van der Waals surface area contributed by atoms with Gasteiger partial charge in [-0.25, -0.2) is 0 Å². The fraction of sp³-hybridized carbons (Fsp3) is 0.853. The zero-order valence-corrected chi connectivity index (χ0v) is 26.2. The van der Waals surface area contributed by atoms with Gasteiger partial charge in [0.05, 0.1) is 12.0 Å². The summed E-state index contributed by atoms with van der Waals surface area (Å²) >= 11 is 0. The van der Waals surface area contributed by atoms with Crippen LogP contribution in [0.25, 0.3) is 0 Å². The van der Waals surface area contributed by atoms with E-state index in [2.05, 4.69) is 47.6 Å². The fourth-order valence-electron chi connectivity index (χ4n) is 11.3. The summed E-state index contributed by atoms with van der Waals surface area (Å²) in [6.07, 6.45) is 11.4. The molecule has 5 rings (SSSR count). The van der Waals surface area contributed by atoms with Crippen molar-refractivity contribution in [2.75, 3.05) is 6.61 Å². The molecule has 9 unspecified atom stereocenters. The minimum atomic E-state index is -0.727. The molecule has 0 aromatic rings. The Morgan fingerprint density at radius 3 is 2.17 bits per heavy atom. The van der Waals surface area contributed by atoms with Crippen LogP contribution in [0, 0.1) is 50.2 Å². The largest absolute Gasteiger partial charge is 0.481 e. The van der Waals surface area contributed by atoms with Crippen LogP contribution in [-0.2, 0) is 23.9 Å². The van der Waals surface area contributed by atoms with Gasteiger partial charge in [-0.1, -0.05) is 53.2 Å². The molecule has 0 heterocycles. The Labute approximate surface area is 241 Å². The molecule has 5 aliphatic rings. The molecule has 0 bridgehead atoms. The highest BCUT2D eigenvalue weighted by Gasteiger charge is 2.69. The molecule has 0 aliphatic heterocycles. The van der Waals surface area contributed by atoms with Gasteiger partial charge in [0.15, 0.2) is 0 Å². The van der Waals surface area contributed by atoms with E-state index in [1.165, 1.54) is 19.4 Å². The van der Waals surface area contributed by atoms with Gasteiger partial charge in [0.2, 0.25) is 0 Å². The number of esters is 2. The van der Waals surface area contributed by atoms with E-state index in [1.54, 1.807) is 0 Å². The average Bonchev–Trinajstić information content (AvgIpc) is 2.85. The lowest BCUT2D eigenvalue weighted by molar-refractivity contribution is -0.213. The van der Waals surface area contributed by atoms with E-state index in [0.717, 1.165) is 51.4 Å². The molecule has 0 saturated heterocycles. The molecular weight excluding hydrogens is 504 g/mol. The molecule has 9 atom stereocenters. The minimum absolute atomic E-state index is 0.0301. The first-order chi connectivity index (χ1) is 18.5. The highest BCUT2D eigenvalue weighted by molar-refractivity contribution is 5.76. The Morgan fingerprint density at radius 2 is 1.55 bits per heavy atom. The van der Waals surface area contributed by atoms with Gasteiger partial charge in [-0.2, -0.15) is 0 Å². The van der Waals surface area contributed by atoms with Crippen LogP contribution in [0.1, 0.15) is 120 Å². The lowest BCUT2D eigenvalue weighted by Crippen LogP contribution is -2.65. The van der Waals surface area contributed by atoms with Crippen molar-refractivity contribution in [2.45, 2.75) is 126 Å². The second-order valence-corrected chi connectivity index (χ2v) is 16.1. The number of hydrogen-bond donors (Lipinski definition) is 1. The number of fused-ring (bicyclic) bond motifs is 7. The molecule has 0 aromatic heterocycles. The van der Waals surface area contributed by atoms with Gasteiger partial charge < -0.3 is 14.6 Å². The van der Waals surface area contributed by atoms with Crippen molar-refractivity contribution in [3.8, 4) is 0 Å². The second kappa shape index (κ2) is 9.33. The summed E-state index contributed by atoms with van der Waals surface area (Å²) in [5.41, 5.74) is 0.493. The third-order valence-electron chi connectivity index (χ3n) is 13.8. The van der Waals surface area contributed by atoms with E-state index in [4.69, 9.17) is 9.47 Å². The highest BCUT2D eigenvalue weighted by atomic mass is 16.5. The number of carboxylic acid groups (broad SMARTS) is 1. The Kier molecular flexibility index (Phi) is 6.91. The van der Waals surface area contributed by atoms with Crippen molar-refractivity contribution in [3.05, 3.63) is 11.6 Å². The molecule has 0 radical (unpaired) electrons. The Bertz CT molecular complexity index is 1120. The summed E-state index contributed by atoms with van der Waals surface area (Å²) in [5.74, 6) is -0.164. The van der Waals surface area contributed by atoms with Crippen LogP contribution >= 0.6 is 0 Å². The van der Waals surface area contributed by atoms with Crippen LogP contribution < -0.4 is 0 Å². The highest BCUT2D eigenvalue weighted by Crippen LogP contribution is 2.75. The maximum atomic E-state index is 13.0. The minimum Gasteiger partial charge on any atom is -0.481 e. The normalized spacial score (nSPS) is 47.4. The van der Waals surface area contributed by atoms with Crippen molar-refractivity contribution in [1.82, 2.24) is 0 Å². The lowest BCUT2D eigenvalue weighted by Gasteiger charge is -2.71. The van der Waals surface area contributed by atoms with Gasteiger partial charge >= 0.3 is 17.9 Å². The first kappa shape index (κ1) is 29.6. The van der Waals surface area contributed by atoms with Gasteiger partial charge in [-0.3, -0.25) is 14.4 Å². The monoisotopic (exact) mass is 556 g/mol. The summed E-state index contributed by atoms with van der Waals surface area (Å²) in [6.45, 7) is 17.6. The van der Waals surface area contributed by atoms with Crippen molar-refractivity contribution < 1.29 is 29.0 Å². The summed E-state index contributed by atoms with van der Waals surface area (Å²) < 4.78 is 11.4. The number of aliphatic carboxylic acids is 1. The molecule has 4 saturated carbocycles. The molecule has 6 nitrogen and oxygen atoms in total. The van der Waals surface area contributed by atoms with Crippen molar-refractivity contribution >= 4 is 17.9 Å². The fourth-order valence-corrected chi connectivity index (χ4v) is 11.3. The second-order valence-electron chi connectivity index (χ2n) is 16.1. The summed E-state index contributed by atoms with van der Waals surface area (Å²) in [6, 6.07) is 0. The van der Waals surface area contributed by atoms with Crippen LogP contribution in [0.4, 0.5) is 0 Å². The van der Waals surface area contributed by atoms with Gasteiger partial charge in [-0.15, -0.1) is 0 Å². The lowest BCUT2D eigenvalue weighted by atomic mass is 9.33. The number of carbonyl (C=O) groups excluding carboxylic acids is 2. The third kappa shape index (κ3) is 4.04. The van der Waals surface area contributed by atoms with Gasteiger partial charge in [0.1, 0.15) is 6.10 Å². The van der Waals surface area contributed by atoms with E-state index in [-0.39, 0.29) is 51.0 Å². The number of allylic oxidation sites excluding steroid dienone is 2. The average molecular weight is 557 g/mol. The topological polar surface area (TPSA) is 89.9 Å². The summed E-state index contributed by atoms with van der Waals surface area (Å²) in [4.78, 5) is 36.6. The van der Waals surface area contributed by atoms with Crippen LogP contribution in [0.2, 0.25) is 0 Å². The Morgan fingerprint density at radius 1 is 0.875 bits per heavy atom. The smallest absolute Gasteiger partial charge is 0.310 e. The molecule has 4 fully saturated rings. The van der Waals surface area contributed by atoms with Gasteiger partial charge in [0, 0.05) is 24.7 Å². The molecule has 40 heavy (non-hydrogen) atoms. The standard InChI is InChI=1S/C34H52O6/c1-21(35)39-20-30(5)15-17-34(28(37)38)18-16-32(7)23(24(34)19-30)9-10-26-31(6)13-12-27(40-22(2)36)29(3,4)25(31)11-14-33(26,32)8/h9,24-27H,10-20H2,1-8H3,(H,37,38). The molecule has 224 valence electrons. The van der Waals surface area contributed by atoms with E-state index < -0.39 is 11.4 Å². The Balaban J connectivity index is 1.53. The van der Waals surface area contributed by atoms with Gasteiger partial charge in [-0.05, 0) is 98.2 Å². The van der Waals surface area contributed by atoms with E-state index in [1.807, 2.05) is 0 Å². The van der Waals surface area contributed by atoms with Crippen LogP contribution in [0.5, 0.6) is 0 Å². The van der Waals surface area contributed by atoms with Crippen LogP contribution in [0.15, 0.2) is 11.6 Å². The van der Waals surface area contributed by atoms with E-state index in [0.29, 0.717) is 31.3 Å². The number of carbonyl (C=O) groups is 3. The number of carboxylic acids is 1. The van der Waals surface area contributed by atoms with Crippen molar-refractivity contribution in [1.29, 1.82) is 0 Å². The number of hydrogen-bond acceptors (Lipinski definition) is 5. The van der Waals surface area contributed by atoms with E-state index in [9.17, 15) is 19.5 Å². The number of rotatable bonds is 4.